The lowest BCUT2D eigenvalue weighted by Crippen LogP contribution is -2.21. The Bertz CT molecular complexity index is 401. The van der Waals surface area contributed by atoms with Crippen molar-refractivity contribution in [3.8, 4) is 6.07 Å². The van der Waals surface area contributed by atoms with Gasteiger partial charge in [-0.3, -0.25) is 4.21 Å². The quantitative estimate of drug-likeness (QED) is 0.807. The molecule has 5 nitrogen and oxygen atoms in total. The zero-order chi connectivity index (χ0) is 11.3. The number of hydrogen-bond donors (Lipinski definition) is 1. The summed E-state index contributed by atoms with van der Waals surface area (Å²) in [5.41, 5.74) is 0.317. The maximum atomic E-state index is 11.1. The molecule has 0 aliphatic heterocycles. The molecular weight excluding hydrogens is 212 g/mol. The van der Waals surface area contributed by atoms with Crippen LogP contribution in [0, 0.1) is 11.3 Å². The number of nitrogens with one attached hydrogen (secondary N) is 1. The fourth-order valence-corrected chi connectivity index (χ4v) is 1.18. The standard InChI is InChI=1S/C9H12N4OS/c1-7(15(2)14)6-12-9-11-4-3-8(5-10)13-9/h3-4,7H,6H2,1-2H3,(H,11,12,13). The zero-order valence-corrected chi connectivity index (χ0v) is 9.41. The largest absolute Gasteiger partial charge is 0.353 e. The lowest BCUT2D eigenvalue weighted by molar-refractivity contribution is 0.678. The Morgan fingerprint density at radius 1 is 1.73 bits per heavy atom. The molecule has 0 bridgehead atoms. The highest BCUT2D eigenvalue weighted by molar-refractivity contribution is 7.84. The van der Waals surface area contributed by atoms with Gasteiger partial charge in [-0.15, -0.1) is 0 Å². The number of nitriles is 1. The van der Waals surface area contributed by atoms with Crippen molar-refractivity contribution < 1.29 is 4.21 Å². The van der Waals surface area contributed by atoms with Crippen molar-refractivity contribution in [2.45, 2.75) is 12.2 Å². The molecular formula is C9H12N4OS. The minimum absolute atomic E-state index is 0.0272. The first-order chi connectivity index (χ1) is 7.13. The molecule has 6 heteroatoms. The van der Waals surface area contributed by atoms with E-state index >= 15 is 0 Å². The third kappa shape index (κ3) is 3.64. The van der Waals surface area contributed by atoms with Crippen LogP contribution in [0.15, 0.2) is 12.3 Å². The van der Waals surface area contributed by atoms with Gasteiger partial charge >= 0.3 is 0 Å². The second-order valence-electron chi connectivity index (χ2n) is 3.07. The average Bonchev–Trinajstić information content (AvgIpc) is 2.26. The monoisotopic (exact) mass is 224 g/mol. The van der Waals surface area contributed by atoms with Gasteiger partial charge in [0.2, 0.25) is 5.95 Å². The molecule has 1 aromatic rings. The van der Waals surface area contributed by atoms with E-state index in [1.807, 2.05) is 13.0 Å². The smallest absolute Gasteiger partial charge is 0.223 e. The molecule has 0 spiro atoms. The summed E-state index contributed by atoms with van der Waals surface area (Å²) in [7, 11) is -0.874. The van der Waals surface area contributed by atoms with Crippen LogP contribution in [0.5, 0.6) is 0 Å². The Morgan fingerprint density at radius 3 is 3.07 bits per heavy atom. The number of aromatic nitrogens is 2. The van der Waals surface area contributed by atoms with Gasteiger partial charge in [0.25, 0.3) is 0 Å². The van der Waals surface area contributed by atoms with Gasteiger partial charge in [-0.25, -0.2) is 9.97 Å². The summed E-state index contributed by atoms with van der Waals surface area (Å²) in [5.74, 6) is 0.395. The van der Waals surface area contributed by atoms with E-state index in [-0.39, 0.29) is 5.25 Å². The van der Waals surface area contributed by atoms with Gasteiger partial charge in [0.05, 0.1) is 0 Å². The van der Waals surface area contributed by atoms with Crippen LogP contribution >= 0.6 is 0 Å². The molecule has 1 heterocycles. The van der Waals surface area contributed by atoms with Crippen molar-refractivity contribution in [1.29, 1.82) is 5.26 Å². The van der Waals surface area contributed by atoms with Gasteiger partial charge in [-0.1, -0.05) is 0 Å². The molecule has 0 amide bonds. The van der Waals surface area contributed by atoms with Gasteiger partial charge in [0.15, 0.2) is 0 Å². The first kappa shape index (κ1) is 11.6. The van der Waals surface area contributed by atoms with E-state index in [0.29, 0.717) is 18.2 Å². The summed E-state index contributed by atoms with van der Waals surface area (Å²) < 4.78 is 11.1. The highest BCUT2D eigenvalue weighted by atomic mass is 32.2. The van der Waals surface area contributed by atoms with E-state index in [1.54, 1.807) is 6.26 Å². The second kappa shape index (κ2) is 5.41. The lowest BCUT2D eigenvalue weighted by Gasteiger charge is -2.09. The van der Waals surface area contributed by atoms with Crippen LogP contribution in [0.4, 0.5) is 5.95 Å². The molecule has 0 saturated carbocycles. The van der Waals surface area contributed by atoms with Crippen molar-refractivity contribution in [3.63, 3.8) is 0 Å². The molecule has 0 aliphatic carbocycles. The molecule has 0 radical (unpaired) electrons. The van der Waals surface area contributed by atoms with Gasteiger partial charge < -0.3 is 5.32 Å². The highest BCUT2D eigenvalue weighted by Gasteiger charge is 2.06. The fourth-order valence-electron chi connectivity index (χ4n) is 0.859. The zero-order valence-electron chi connectivity index (χ0n) is 8.60. The average molecular weight is 224 g/mol. The summed E-state index contributed by atoms with van der Waals surface area (Å²) in [4.78, 5) is 7.89. The lowest BCUT2D eigenvalue weighted by atomic mass is 10.4. The van der Waals surface area contributed by atoms with Crippen LogP contribution in [0.25, 0.3) is 0 Å². The molecule has 0 fully saturated rings. The molecule has 2 unspecified atom stereocenters. The van der Waals surface area contributed by atoms with Gasteiger partial charge in [-0.05, 0) is 13.0 Å². The predicted octanol–water partition coefficient (Wildman–Crippen LogP) is 0.527. The van der Waals surface area contributed by atoms with Gasteiger partial charge in [0, 0.05) is 35.0 Å². The number of hydrogen-bond acceptors (Lipinski definition) is 5. The van der Waals surface area contributed by atoms with E-state index in [2.05, 4.69) is 15.3 Å². The Kier molecular flexibility index (Phi) is 4.18. The maximum absolute atomic E-state index is 11.1. The van der Waals surface area contributed by atoms with Crippen molar-refractivity contribution in [1.82, 2.24) is 9.97 Å². The van der Waals surface area contributed by atoms with E-state index < -0.39 is 10.8 Å². The van der Waals surface area contributed by atoms with Gasteiger partial charge in [0.1, 0.15) is 11.8 Å². The summed E-state index contributed by atoms with van der Waals surface area (Å²) in [5, 5.41) is 11.6. The van der Waals surface area contributed by atoms with Crippen molar-refractivity contribution in [2.24, 2.45) is 0 Å². The molecule has 0 aromatic carbocycles. The van der Waals surface area contributed by atoms with Crippen LogP contribution in [0.3, 0.4) is 0 Å². The minimum atomic E-state index is -0.874. The summed E-state index contributed by atoms with van der Waals surface area (Å²) in [6.45, 7) is 2.40. The second-order valence-corrected chi connectivity index (χ2v) is 4.87. The minimum Gasteiger partial charge on any atom is -0.353 e. The topological polar surface area (TPSA) is 78.7 Å². The molecule has 0 aliphatic rings. The van der Waals surface area contributed by atoms with E-state index in [9.17, 15) is 4.21 Å². The Hall–Kier alpha value is -1.48. The normalized spacial score (nSPS) is 13.9. The van der Waals surface area contributed by atoms with Crippen LogP contribution in [0.1, 0.15) is 12.6 Å². The third-order valence-electron chi connectivity index (χ3n) is 1.88. The van der Waals surface area contributed by atoms with E-state index in [4.69, 9.17) is 5.26 Å². The first-order valence-electron chi connectivity index (χ1n) is 4.42. The van der Waals surface area contributed by atoms with Crippen LogP contribution < -0.4 is 5.32 Å². The van der Waals surface area contributed by atoms with Crippen molar-refractivity contribution in [3.05, 3.63) is 18.0 Å². The molecule has 1 rings (SSSR count). The molecule has 15 heavy (non-hydrogen) atoms. The first-order valence-corrected chi connectivity index (χ1v) is 6.05. The third-order valence-corrected chi connectivity index (χ3v) is 3.18. The number of nitrogens with zero attached hydrogens (tertiary/aromatic N) is 3. The summed E-state index contributed by atoms with van der Waals surface area (Å²) >= 11 is 0. The highest BCUT2D eigenvalue weighted by Crippen LogP contribution is 2.00. The molecule has 2 atom stereocenters. The van der Waals surface area contributed by atoms with Crippen molar-refractivity contribution >= 4 is 16.7 Å². The Labute approximate surface area is 91.0 Å². The van der Waals surface area contributed by atoms with Crippen molar-refractivity contribution in [2.75, 3.05) is 18.1 Å². The molecule has 1 N–H and O–H groups in total. The SMILES string of the molecule is CC(CNc1nccc(C#N)n1)S(C)=O. The van der Waals surface area contributed by atoms with E-state index in [0.717, 1.165) is 0 Å². The van der Waals surface area contributed by atoms with Crippen LogP contribution in [-0.2, 0) is 10.8 Å². The molecule has 0 saturated heterocycles. The number of rotatable bonds is 4. The fraction of sp³-hybridized carbons (Fsp3) is 0.444. The molecule has 80 valence electrons. The van der Waals surface area contributed by atoms with Gasteiger partial charge in [-0.2, -0.15) is 5.26 Å². The van der Waals surface area contributed by atoms with E-state index in [1.165, 1.54) is 12.3 Å². The summed E-state index contributed by atoms with van der Waals surface area (Å²) in [6, 6.07) is 3.46. The number of anilines is 1. The van der Waals surface area contributed by atoms with Crippen LogP contribution in [-0.4, -0.2) is 32.2 Å². The summed E-state index contributed by atoms with van der Waals surface area (Å²) in [6.07, 6.45) is 3.17. The Morgan fingerprint density at radius 2 is 2.47 bits per heavy atom. The maximum Gasteiger partial charge on any atom is 0.223 e. The van der Waals surface area contributed by atoms with Crippen LogP contribution in [0.2, 0.25) is 0 Å². The molecule has 1 aromatic heterocycles. The predicted molar refractivity (Wildman–Crippen MR) is 58.8 cm³/mol. The Balaban J connectivity index is 2.58.